The van der Waals surface area contributed by atoms with Gasteiger partial charge in [-0.05, 0) is 44.2 Å². The summed E-state index contributed by atoms with van der Waals surface area (Å²) in [5, 5.41) is 8.85. The van der Waals surface area contributed by atoms with Gasteiger partial charge in [-0.3, -0.25) is 9.36 Å². The number of carbonyl (C=O) groups excluding carboxylic acids is 1. The lowest BCUT2D eigenvalue weighted by molar-refractivity contribution is 0.102. The highest BCUT2D eigenvalue weighted by atomic mass is 32.2. The number of hydrogen-bond acceptors (Lipinski definition) is 5. The summed E-state index contributed by atoms with van der Waals surface area (Å²) in [6.07, 6.45) is 1.63. The Morgan fingerprint density at radius 1 is 1.07 bits per heavy atom. The molecule has 4 aromatic rings. The van der Waals surface area contributed by atoms with Gasteiger partial charge < -0.3 is 9.30 Å². The molecule has 0 fully saturated rings. The third-order valence-electron chi connectivity index (χ3n) is 4.94. The SMILES string of the molecule is COc1ccccc1-n1cnnc1SCC(=O)c1cc(C)n(-c2ccccc2)c1C. The molecular formula is C23H22N4O2S. The molecule has 0 aliphatic heterocycles. The first-order chi connectivity index (χ1) is 14.6. The molecule has 0 bridgehead atoms. The summed E-state index contributed by atoms with van der Waals surface area (Å²) in [5.41, 5.74) is 4.59. The van der Waals surface area contributed by atoms with E-state index in [1.807, 2.05) is 79.1 Å². The summed E-state index contributed by atoms with van der Waals surface area (Å²) >= 11 is 1.37. The van der Waals surface area contributed by atoms with Crippen LogP contribution >= 0.6 is 11.8 Å². The predicted octanol–water partition coefficient (Wildman–Crippen LogP) is 4.66. The molecule has 0 saturated heterocycles. The molecule has 0 N–H and O–H groups in total. The zero-order valence-corrected chi connectivity index (χ0v) is 17.9. The topological polar surface area (TPSA) is 61.9 Å². The highest BCUT2D eigenvalue weighted by molar-refractivity contribution is 7.99. The number of aromatic nitrogens is 4. The van der Waals surface area contributed by atoms with Crippen LogP contribution in [0.4, 0.5) is 0 Å². The zero-order valence-electron chi connectivity index (χ0n) is 17.1. The molecule has 0 unspecified atom stereocenters. The van der Waals surface area contributed by atoms with Crippen LogP contribution in [0.1, 0.15) is 21.7 Å². The van der Waals surface area contributed by atoms with Gasteiger partial charge in [-0.2, -0.15) is 0 Å². The fourth-order valence-corrected chi connectivity index (χ4v) is 4.35. The van der Waals surface area contributed by atoms with Crippen molar-refractivity contribution in [3.63, 3.8) is 0 Å². The van der Waals surface area contributed by atoms with Gasteiger partial charge in [0.15, 0.2) is 10.9 Å². The fourth-order valence-electron chi connectivity index (χ4n) is 3.54. The summed E-state index contributed by atoms with van der Waals surface area (Å²) in [4.78, 5) is 13.0. The molecule has 0 spiro atoms. The molecule has 2 aromatic carbocycles. The molecule has 0 aliphatic carbocycles. The maximum Gasteiger partial charge on any atom is 0.196 e. The Bertz CT molecular complexity index is 1180. The predicted molar refractivity (Wildman–Crippen MR) is 118 cm³/mol. The van der Waals surface area contributed by atoms with E-state index in [9.17, 15) is 4.79 Å². The molecule has 0 amide bonds. The van der Waals surface area contributed by atoms with Crippen LogP contribution in [-0.4, -0.2) is 38.0 Å². The van der Waals surface area contributed by atoms with Gasteiger partial charge in [0.1, 0.15) is 12.1 Å². The first kappa shape index (κ1) is 20.0. The van der Waals surface area contributed by atoms with E-state index in [0.717, 1.165) is 34.1 Å². The molecule has 0 atom stereocenters. The lowest BCUT2D eigenvalue weighted by Gasteiger charge is -2.11. The largest absolute Gasteiger partial charge is 0.495 e. The van der Waals surface area contributed by atoms with Crippen molar-refractivity contribution < 1.29 is 9.53 Å². The molecule has 0 radical (unpaired) electrons. The highest BCUT2D eigenvalue weighted by Gasteiger charge is 2.19. The molecule has 0 aliphatic rings. The lowest BCUT2D eigenvalue weighted by atomic mass is 10.2. The number of ketones is 1. The van der Waals surface area contributed by atoms with E-state index in [-0.39, 0.29) is 11.5 Å². The summed E-state index contributed by atoms with van der Waals surface area (Å²) in [5.74, 6) is 1.05. The van der Waals surface area contributed by atoms with Gasteiger partial charge >= 0.3 is 0 Å². The van der Waals surface area contributed by atoms with E-state index in [4.69, 9.17) is 4.74 Å². The Morgan fingerprint density at radius 2 is 1.80 bits per heavy atom. The maximum atomic E-state index is 13.0. The number of thioether (sulfide) groups is 1. The first-order valence-corrected chi connectivity index (χ1v) is 10.5. The molecule has 30 heavy (non-hydrogen) atoms. The standard InChI is InChI=1S/C23H22N4O2S/c1-16-13-19(17(2)27(16)18-9-5-4-6-10-18)21(28)14-30-23-25-24-15-26(23)20-11-7-8-12-22(20)29-3/h4-13,15H,14H2,1-3H3. The third-order valence-corrected chi connectivity index (χ3v) is 5.88. The number of methoxy groups -OCH3 is 1. The van der Waals surface area contributed by atoms with Crippen molar-refractivity contribution in [2.24, 2.45) is 0 Å². The Balaban J connectivity index is 1.56. The van der Waals surface area contributed by atoms with Crippen molar-refractivity contribution in [3.05, 3.63) is 83.9 Å². The van der Waals surface area contributed by atoms with Gasteiger partial charge in [-0.15, -0.1) is 10.2 Å². The minimum atomic E-state index is 0.0601. The monoisotopic (exact) mass is 418 g/mol. The van der Waals surface area contributed by atoms with Crippen molar-refractivity contribution in [2.45, 2.75) is 19.0 Å². The smallest absolute Gasteiger partial charge is 0.196 e. The van der Waals surface area contributed by atoms with Crippen LogP contribution in [0.5, 0.6) is 5.75 Å². The molecule has 6 nitrogen and oxygen atoms in total. The molecular weight excluding hydrogens is 396 g/mol. The van der Waals surface area contributed by atoms with E-state index >= 15 is 0 Å². The van der Waals surface area contributed by atoms with E-state index in [0.29, 0.717) is 5.16 Å². The second-order valence-electron chi connectivity index (χ2n) is 6.82. The van der Waals surface area contributed by atoms with Crippen molar-refractivity contribution >= 4 is 17.5 Å². The van der Waals surface area contributed by atoms with Crippen molar-refractivity contribution in [3.8, 4) is 17.1 Å². The molecule has 2 aromatic heterocycles. The second-order valence-corrected chi connectivity index (χ2v) is 7.77. The second kappa shape index (κ2) is 8.59. The summed E-state index contributed by atoms with van der Waals surface area (Å²) in [6.45, 7) is 4.00. The van der Waals surface area contributed by atoms with Crippen LogP contribution in [0.3, 0.4) is 0 Å². The normalized spacial score (nSPS) is 10.9. The van der Waals surface area contributed by atoms with Crippen molar-refractivity contribution in [1.82, 2.24) is 19.3 Å². The van der Waals surface area contributed by atoms with Gasteiger partial charge in [0.25, 0.3) is 0 Å². The average molecular weight is 419 g/mol. The van der Waals surface area contributed by atoms with Gasteiger partial charge in [0.2, 0.25) is 0 Å². The van der Waals surface area contributed by atoms with Crippen LogP contribution in [-0.2, 0) is 0 Å². The number of aryl methyl sites for hydroxylation is 1. The number of rotatable bonds is 7. The Morgan fingerprint density at radius 3 is 2.57 bits per heavy atom. The summed E-state index contributed by atoms with van der Waals surface area (Å²) in [6, 6.07) is 19.7. The van der Waals surface area contributed by atoms with Crippen LogP contribution in [0.2, 0.25) is 0 Å². The number of benzene rings is 2. The average Bonchev–Trinajstić information content (AvgIpc) is 3.36. The van der Waals surface area contributed by atoms with Crippen LogP contribution in [0.25, 0.3) is 11.4 Å². The van der Waals surface area contributed by atoms with Crippen LogP contribution in [0.15, 0.2) is 72.1 Å². The molecule has 7 heteroatoms. The van der Waals surface area contributed by atoms with E-state index in [1.165, 1.54) is 11.8 Å². The number of hydrogen-bond donors (Lipinski definition) is 0. The number of nitrogens with zero attached hydrogens (tertiary/aromatic N) is 4. The molecule has 0 saturated carbocycles. The lowest BCUT2D eigenvalue weighted by Crippen LogP contribution is -2.07. The summed E-state index contributed by atoms with van der Waals surface area (Å²) in [7, 11) is 1.63. The number of Topliss-reactive ketones (excluding diaryl/α,β-unsaturated/α-hetero) is 1. The van der Waals surface area contributed by atoms with Crippen molar-refractivity contribution in [1.29, 1.82) is 0 Å². The number of para-hydroxylation sites is 3. The third kappa shape index (κ3) is 3.76. The van der Waals surface area contributed by atoms with E-state index in [2.05, 4.69) is 14.8 Å². The Labute approximate surface area is 179 Å². The van der Waals surface area contributed by atoms with Crippen LogP contribution < -0.4 is 4.74 Å². The zero-order chi connectivity index (χ0) is 21.1. The van der Waals surface area contributed by atoms with Gasteiger partial charge in [-0.1, -0.05) is 42.1 Å². The minimum absolute atomic E-state index is 0.0601. The van der Waals surface area contributed by atoms with Crippen LogP contribution in [0, 0.1) is 13.8 Å². The Kier molecular flexibility index (Phi) is 5.72. The molecule has 2 heterocycles. The molecule has 4 rings (SSSR count). The molecule has 152 valence electrons. The van der Waals surface area contributed by atoms with Gasteiger partial charge in [0, 0.05) is 22.6 Å². The summed E-state index contributed by atoms with van der Waals surface area (Å²) < 4.78 is 9.38. The maximum absolute atomic E-state index is 13.0. The van der Waals surface area contributed by atoms with Gasteiger partial charge in [-0.25, -0.2) is 0 Å². The van der Waals surface area contributed by atoms with E-state index in [1.54, 1.807) is 13.4 Å². The van der Waals surface area contributed by atoms with Gasteiger partial charge in [0.05, 0.1) is 18.6 Å². The van der Waals surface area contributed by atoms with Crippen molar-refractivity contribution in [2.75, 3.05) is 12.9 Å². The quantitative estimate of drug-likeness (QED) is 0.323. The minimum Gasteiger partial charge on any atom is -0.495 e. The fraction of sp³-hybridized carbons (Fsp3) is 0.174. The highest BCUT2D eigenvalue weighted by Crippen LogP contribution is 2.28. The number of carbonyl (C=O) groups is 1. The first-order valence-electron chi connectivity index (χ1n) is 9.54. The Hall–Kier alpha value is -3.32. The number of ether oxygens (including phenoxy) is 1. The van der Waals surface area contributed by atoms with E-state index < -0.39 is 0 Å².